The molecule has 0 aromatic rings. The Bertz CT molecular complexity index is 488. The number of allylic oxidation sites excluding steroid dienone is 1. The van der Waals surface area contributed by atoms with Crippen molar-refractivity contribution in [1.82, 2.24) is 0 Å². The van der Waals surface area contributed by atoms with E-state index in [9.17, 15) is 15.3 Å². The zero-order valence-corrected chi connectivity index (χ0v) is 15.9. The van der Waals surface area contributed by atoms with Crippen molar-refractivity contribution in [3.8, 4) is 0 Å². The van der Waals surface area contributed by atoms with Crippen molar-refractivity contribution in [1.29, 1.82) is 0 Å². The van der Waals surface area contributed by atoms with Crippen molar-refractivity contribution in [2.45, 2.75) is 89.3 Å². The maximum atomic E-state index is 10.6. The largest absolute Gasteiger partial charge is 0.390 e. The molecule has 144 valence electrons. The van der Waals surface area contributed by atoms with Gasteiger partial charge in [0.1, 0.15) is 17.8 Å². The molecule has 25 heavy (non-hydrogen) atoms. The van der Waals surface area contributed by atoms with Gasteiger partial charge in [-0.3, -0.25) is 0 Å². The summed E-state index contributed by atoms with van der Waals surface area (Å²) in [5, 5.41) is 31.6. The van der Waals surface area contributed by atoms with Crippen molar-refractivity contribution < 1.29 is 25.1 Å². The van der Waals surface area contributed by atoms with Gasteiger partial charge < -0.3 is 15.3 Å². The molecule has 0 amide bonds. The van der Waals surface area contributed by atoms with Crippen molar-refractivity contribution >= 4 is 0 Å². The lowest BCUT2D eigenvalue weighted by molar-refractivity contribution is -0.417. The van der Waals surface area contributed by atoms with Crippen LogP contribution in [0.4, 0.5) is 0 Å². The van der Waals surface area contributed by atoms with Crippen molar-refractivity contribution in [3.63, 3.8) is 0 Å². The minimum atomic E-state index is -1.21. The quantitative estimate of drug-likeness (QED) is 0.498. The number of hydrogen-bond donors (Lipinski definition) is 3. The van der Waals surface area contributed by atoms with Gasteiger partial charge in [-0.15, -0.1) is 0 Å². The second-order valence-electron chi connectivity index (χ2n) is 8.56. The molecule has 0 saturated carbocycles. The van der Waals surface area contributed by atoms with E-state index in [1.54, 1.807) is 19.9 Å². The molecule has 0 unspecified atom stereocenters. The van der Waals surface area contributed by atoms with Gasteiger partial charge >= 0.3 is 0 Å². The molecule has 1 saturated heterocycles. The van der Waals surface area contributed by atoms with Crippen LogP contribution in [0.25, 0.3) is 0 Å². The predicted octanol–water partition coefficient (Wildman–Crippen LogP) is 2.90. The molecule has 0 aromatic carbocycles. The molecule has 5 heteroatoms. The third-order valence-electron chi connectivity index (χ3n) is 5.68. The van der Waals surface area contributed by atoms with Crippen LogP contribution in [0.5, 0.6) is 0 Å². The first-order chi connectivity index (χ1) is 11.5. The van der Waals surface area contributed by atoms with Crippen LogP contribution in [-0.4, -0.2) is 44.8 Å². The summed E-state index contributed by atoms with van der Waals surface area (Å²) in [6, 6.07) is 0. The Morgan fingerprint density at radius 2 is 1.92 bits per heavy atom. The molecule has 3 aliphatic rings. The predicted molar refractivity (Wildman–Crippen MR) is 96.7 cm³/mol. The fourth-order valence-corrected chi connectivity index (χ4v) is 3.65. The van der Waals surface area contributed by atoms with E-state index >= 15 is 0 Å². The Labute approximate surface area is 151 Å². The Kier molecular flexibility index (Phi) is 6.50. The zero-order chi connectivity index (χ0) is 18.8. The van der Waals surface area contributed by atoms with Crippen LogP contribution >= 0.6 is 0 Å². The van der Waals surface area contributed by atoms with Gasteiger partial charge in [0.15, 0.2) is 0 Å². The highest BCUT2D eigenvalue weighted by Gasteiger charge is 2.45. The van der Waals surface area contributed by atoms with Crippen molar-refractivity contribution in [2.75, 3.05) is 0 Å². The molecular weight excluding hydrogens is 320 g/mol. The highest BCUT2D eigenvalue weighted by atomic mass is 17.2. The number of aliphatic hydroxyl groups is 3. The molecule has 5 nitrogen and oxygen atoms in total. The van der Waals surface area contributed by atoms with Crippen LogP contribution in [-0.2, 0) is 9.78 Å². The van der Waals surface area contributed by atoms with Gasteiger partial charge in [-0.2, -0.15) is 0 Å². The number of aliphatic hydroxyl groups excluding tert-OH is 2. The smallest absolute Gasteiger partial charge is 0.129 e. The van der Waals surface area contributed by atoms with Gasteiger partial charge in [0.25, 0.3) is 0 Å². The van der Waals surface area contributed by atoms with E-state index in [-0.39, 0.29) is 12.5 Å². The lowest BCUT2D eigenvalue weighted by Gasteiger charge is -2.42. The molecule has 0 spiro atoms. The summed E-state index contributed by atoms with van der Waals surface area (Å²) < 4.78 is 0. The van der Waals surface area contributed by atoms with E-state index < -0.39 is 23.4 Å². The standard InChI is InChI=1S/C20H34O5/c1-13(2)15-7-6-14(3)17-9-11-20(5,25-24-17)18(22)16(21)12-19(4,23)10-8-15/h8,10,13,15-18,21-23H,3,6-7,9,11-12H2,1-2,4-5H3/b10-8+/t15-,16-,17+,18+,19+,20-/m1/s1. The van der Waals surface area contributed by atoms with Crippen molar-refractivity contribution in [2.24, 2.45) is 11.8 Å². The summed E-state index contributed by atoms with van der Waals surface area (Å²) in [6.45, 7) is 11.8. The highest BCUT2D eigenvalue weighted by Crippen LogP contribution is 2.36. The normalized spacial score (nSPS) is 45.4. The number of rotatable bonds is 1. The van der Waals surface area contributed by atoms with Crippen LogP contribution in [0.1, 0.15) is 59.8 Å². The maximum absolute atomic E-state index is 10.6. The van der Waals surface area contributed by atoms with Gasteiger partial charge in [-0.05, 0) is 56.9 Å². The Balaban J connectivity index is 2.27. The van der Waals surface area contributed by atoms with Crippen LogP contribution in [0.2, 0.25) is 0 Å². The average Bonchev–Trinajstić information content (AvgIpc) is 2.52. The second kappa shape index (κ2) is 7.89. The molecule has 2 aliphatic heterocycles. The van der Waals surface area contributed by atoms with Gasteiger partial charge in [-0.25, -0.2) is 9.78 Å². The van der Waals surface area contributed by atoms with E-state index in [0.717, 1.165) is 18.4 Å². The van der Waals surface area contributed by atoms with E-state index in [1.807, 2.05) is 6.08 Å². The third kappa shape index (κ3) is 5.14. The summed E-state index contributed by atoms with van der Waals surface area (Å²) in [4.78, 5) is 11.0. The van der Waals surface area contributed by atoms with Crippen LogP contribution in [0.3, 0.4) is 0 Å². The van der Waals surface area contributed by atoms with E-state index in [1.165, 1.54) is 0 Å². The average molecular weight is 354 g/mol. The van der Waals surface area contributed by atoms with Crippen molar-refractivity contribution in [3.05, 3.63) is 24.3 Å². The molecule has 2 bridgehead atoms. The Morgan fingerprint density at radius 1 is 1.24 bits per heavy atom. The fraction of sp³-hybridized carbons (Fsp3) is 0.800. The second-order valence-corrected chi connectivity index (χ2v) is 8.56. The number of hydrogen-bond acceptors (Lipinski definition) is 5. The minimum absolute atomic E-state index is 0.0323. The molecule has 0 radical (unpaired) electrons. The van der Waals surface area contributed by atoms with Gasteiger partial charge in [0.2, 0.25) is 0 Å². The van der Waals surface area contributed by atoms with E-state index in [0.29, 0.717) is 24.7 Å². The molecule has 2 heterocycles. The number of fused-ring (bicyclic) bond motifs is 10. The minimum Gasteiger partial charge on any atom is -0.390 e. The summed E-state index contributed by atoms with van der Waals surface area (Å²) in [5.41, 5.74) is -1.22. The van der Waals surface area contributed by atoms with E-state index in [4.69, 9.17) is 9.78 Å². The zero-order valence-electron chi connectivity index (χ0n) is 15.9. The molecule has 3 rings (SSSR count). The summed E-state index contributed by atoms with van der Waals surface area (Å²) in [5.74, 6) is 0.720. The lowest BCUT2D eigenvalue weighted by atomic mass is 9.81. The van der Waals surface area contributed by atoms with Gasteiger partial charge in [0.05, 0.1) is 11.7 Å². The highest BCUT2D eigenvalue weighted by molar-refractivity contribution is 5.09. The topological polar surface area (TPSA) is 79.2 Å². The molecule has 1 fully saturated rings. The monoisotopic (exact) mass is 354 g/mol. The summed E-state index contributed by atoms with van der Waals surface area (Å²) in [6.07, 6.45) is 4.36. The van der Waals surface area contributed by atoms with Gasteiger partial charge in [-0.1, -0.05) is 32.6 Å². The Morgan fingerprint density at radius 3 is 2.48 bits per heavy atom. The SMILES string of the molecule is C=C1CC[C@@H](C(C)C)/C=C/[C@](C)(O)C[C@@H](O)[C@H](O)[C@@]2(C)CC[C@@H]1OO2. The molecule has 3 N–H and O–H groups in total. The summed E-state index contributed by atoms with van der Waals surface area (Å²) in [7, 11) is 0. The van der Waals surface area contributed by atoms with Crippen LogP contribution in [0.15, 0.2) is 24.3 Å². The maximum Gasteiger partial charge on any atom is 0.129 e. The molecular formula is C20H34O5. The molecule has 1 aliphatic carbocycles. The first-order valence-electron chi connectivity index (χ1n) is 9.34. The lowest BCUT2D eigenvalue weighted by Crippen LogP contribution is -2.53. The molecule has 6 atom stereocenters. The third-order valence-corrected chi connectivity index (χ3v) is 5.68. The summed E-state index contributed by atoms with van der Waals surface area (Å²) >= 11 is 0. The van der Waals surface area contributed by atoms with Crippen LogP contribution < -0.4 is 0 Å². The van der Waals surface area contributed by atoms with Gasteiger partial charge in [0, 0.05) is 6.42 Å². The molecule has 0 aromatic heterocycles. The van der Waals surface area contributed by atoms with E-state index in [2.05, 4.69) is 20.4 Å². The fourth-order valence-electron chi connectivity index (χ4n) is 3.65. The Hall–Kier alpha value is -0.720. The van der Waals surface area contributed by atoms with Crippen LogP contribution in [0, 0.1) is 11.8 Å². The first kappa shape index (κ1) is 20.6. The first-order valence-corrected chi connectivity index (χ1v) is 9.34.